The molecule has 7 atom stereocenters. The molecule has 0 radical (unpaired) electrons. The lowest BCUT2D eigenvalue weighted by molar-refractivity contribution is -0.139. The van der Waals surface area contributed by atoms with Crippen molar-refractivity contribution in [2.24, 2.45) is 47.2 Å². The summed E-state index contributed by atoms with van der Waals surface area (Å²) in [5.41, 5.74) is 11.8. The monoisotopic (exact) mass is 431 g/mol. The number of rotatable bonds is 7. The number of allylic oxidation sites excluding steroid dienone is 7. The van der Waals surface area contributed by atoms with Gasteiger partial charge in [0, 0.05) is 24.0 Å². The number of Topliss-reactive ketones (excluding diaryl/α,β-unsaturated/α-hetero) is 1. The molecule has 2 heteroatoms. The van der Waals surface area contributed by atoms with Crippen molar-refractivity contribution in [2.75, 3.05) is 0 Å². The van der Waals surface area contributed by atoms with Crippen molar-refractivity contribution >= 4 is 5.78 Å². The minimum absolute atomic E-state index is 0.0921. The van der Waals surface area contributed by atoms with E-state index in [-0.39, 0.29) is 17.8 Å². The zero-order valence-electron chi connectivity index (χ0n) is 20.3. The Morgan fingerprint density at radius 2 is 2.00 bits per heavy atom. The van der Waals surface area contributed by atoms with Crippen LogP contribution in [0.15, 0.2) is 59.9 Å². The fourth-order valence-electron chi connectivity index (χ4n) is 6.80. The van der Waals surface area contributed by atoms with Gasteiger partial charge in [-0.15, -0.1) is 12.3 Å². The Bertz CT molecular complexity index is 894. The second-order valence-electron chi connectivity index (χ2n) is 10.4. The molecule has 0 amide bonds. The lowest BCUT2D eigenvalue weighted by atomic mass is 9.52. The van der Waals surface area contributed by atoms with Crippen molar-refractivity contribution in [3.8, 4) is 12.3 Å². The molecule has 3 aliphatic carbocycles. The van der Waals surface area contributed by atoms with Gasteiger partial charge in [-0.1, -0.05) is 58.2 Å². The van der Waals surface area contributed by atoms with Crippen LogP contribution in [0.2, 0.25) is 0 Å². The van der Waals surface area contributed by atoms with E-state index in [9.17, 15) is 4.79 Å². The summed E-state index contributed by atoms with van der Waals surface area (Å²) < 4.78 is 0. The summed E-state index contributed by atoms with van der Waals surface area (Å²) in [5, 5.41) is 0. The number of fused-ring (bicyclic) bond motifs is 2. The van der Waals surface area contributed by atoms with E-state index in [0.717, 1.165) is 66.5 Å². The fraction of sp³-hybridized carbons (Fsp3) is 0.567. The molecule has 2 N–H and O–H groups in total. The van der Waals surface area contributed by atoms with Gasteiger partial charge >= 0.3 is 0 Å². The van der Waals surface area contributed by atoms with Crippen molar-refractivity contribution in [2.45, 2.75) is 65.7 Å². The molecule has 0 saturated heterocycles. The Kier molecular flexibility index (Phi) is 7.71. The molecule has 0 bridgehead atoms. The molecule has 0 spiro atoms. The van der Waals surface area contributed by atoms with Gasteiger partial charge in [-0.3, -0.25) is 4.79 Å². The molecule has 0 heterocycles. The maximum Gasteiger partial charge on any atom is 0.140 e. The van der Waals surface area contributed by atoms with Gasteiger partial charge < -0.3 is 5.73 Å². The number of carbonyl (C=O) groups excluding carboxylic acids is 1. The highest BCUT2D eigenvalue weighted by Gasteiger charge is 2.51. The Balaban J connectivity index is 1.78. The van der Waals surface area contributed by atoms with E-state index >= 15 is 0 Å². The Morgan fingerprint density at radius 3 is 2.66 bits per heavy atom. The number of hydrogen-bond donors (Lipinski definition) is 1. The van der Waals surface area contributed by atoms with Gasteiger partial charge in [0.2, 0.25) is 0 Å². The Morgan fingerprint density at radius 1 is 1.28 bits per heavy atom. The van der Waals surface area contributed by atoms with E-state index in [1.165, 1.54) is 0 Å². The highest BCUT2D eigenvalue weighted by molar-refractivity contribution is 5.85. The first kappa shape index (κ1) is 24.4. The predicted octanol–water partition coefficient (Wildman–Crippen LogP) is 6.77. The first-order valence-electron chi connectivity index (χ1n) is 12.4. The highest BCUT2D eigenvalue weighted by Crippen LogP contribution is 2.56. The van der Waals surface area contributed by atoms with Crippen LogP contribution in [0.5, 0.6) is 0 Å². The molecule has 0 aromatic carbocycles. The molecule has 32 heavy (non-hydrogen) atoms. The molecule has 0 aliphatic heterocycles. The smallest absolute Gasteiger partial charge is 0.140 e. The van der Waals surface area contributed by atoms with Crippen molar-refractivity contribution in [3.05, 3.63) is 59.9 Å². The van der Waals surface area contributed by atoms with Crippen LogP contribution >= 0.6 is 0 Å². The molecule has 2 nitrogen and oxygen atoms in total. The number of carbonyl (C=O) groups is 1. The average molecular weight is 432 g/mol. The lowest BCUT2D eigenvalue weighted by Gasteiger charge is -2.52. The number of nitrogens with two attached hydrogens (primary N) is 1. The third-order valence-corrected chi connectivity index (χ3v) is 8.46. The van der Waals surface area contributed by atoms with Crippen LogP contribution in [0.4, 0.5) is 0 Å². The Labute approximate surface area is 195 Å². The number of hydrogen-bond acceptors (Lipinski definition) is 2. The summed E-state index contributed by atoms with van der Waals surface area (Å²) in [5.74, 6) is 5.19. The number of terminal acetylenes is 1. The first-order valence-corrected chi connectivity index (χ1v) is 12.4. The average Bonchev–Trinajstić information content (AvgIpc) is 2.75. The van der Waals surface area contributed by atoms with Crippen LogP contribution in [0, 0.1) is 53.8 Å². The van der Waals surface area contributed by atoms with Crippen molar-refractivity contribution < 1.29 is 4.79 Å². The summed E-state index contributed by atoms with van der Waals surface area (Å²) in [4.78, 5) is 13.8. The molecule has 3 aliphatic rings. The minimum atomic E-state index is 0.0921. The van der Waals surface area contributed by atoms with E-state index in [4.69, 9.17) is 12.2 Å². The maximum absolute atomic E-state index is 13.8. The van der Waals surface area contributed by atoms with E-state index in [0.29, 0.717) is 35.9 Å². The summed E-state index contributed by atoms with van der Waals surface area (Å²) >= 11 is 0. The SMILES string of the molecule is C#CCCC(=C)/C=C\[C@H](C)C1CCC2CC3CC(N)=C(C(=C)CC)C(=C)C3[C@@H](C)C2C1=O. The van der Waals surface area contributed by atoms with Gasteiger partial charge in [-0.2, -0.15) is 0 Å². The number of ketones is 1. The molecule has 0 aromatic heterocycles. The molecular formula is C30H41NO. The second-order valence-corrected chi connectivity index (χ2v) is 10.4. The minimum Gasteiger partial charge on any atom is -0.402 e. The lowest BCUT2D eigenvalue weighted by Crippen LogP contribution is -2.50. The van der Waals surface area contributed by atoms with E-state index in [1.807, 2.05) is 0 Å². The van der Waals surface area contributed by atoms with Gasteiger partial charge in [-0.25, -0.2) is 0 Å². The van der Waals surface area contributed by atoms with Gasteiger partial charge in [0.25, 0.3) is 0 Å². The van der Waals surface area contributed by atoms with E-state index in [1.54, 1.807) is 0 Å². The quantitative estimate of drug-likeness (QED) is 0.357. The van der Waals surface area contributed by atoms with Crippen LogP contribution in [0.1, 0.15) is 65.7 Å². The standard InChI is InChI=1S/C30H41NO/c1-8-10-11-18(3)12-13-20(5)25-15-14-23-16-24-17-26(31)27(19(4)9-2)21(6)28(24)22(7)29(23)30(25)32/h1,12-13,20,22-25,28-29H,3-4,6,9-11,14-17,31H2,2,5,7H3/b13-12-/t20-,22+,23?,24?,25?,28?,29?/m0/s1. The van der Waals surface area contributed by atoms with Gasteiger partial charge in [-0.05, 0) is 84.8 Å². The second kappa shape index (κ2) is 10.1. The zero-order chi connectivity index (χ0) is 23.6. The van der Waals surface area contributed by atoms with Gasteiger partial charge in [0.15, 0.2) is 0 Å². The summed E-state index contributed by atoms with van der Waals surface area (Å²) in [6.07, 6.45) is 16.1. The van der Waals surface area contributed by atoms with Crippen LogP contribution in [-0.4, -0.2) is 5.78 Å². The first-order chi connectivity index (χ1) is 15.2. The van der Waals surface area contributed by atoms with Crippen LogP contribution in [-0.2, 0) is 4.79 Å². The molecule has 0 aromatic rings. The van der Waals surface area contributed by atoms with E-state index in [2.05, 4.69) is 58.6 Å². The third-order valence-electron chi connectivity index (χ3n) is 8.46. The molecule has 2 fully saturated rings. The fourth-order valence-corrected chi connectivity index (χ4v) is 6.80. The van der Waals surface area contributed by atoms with E-state index < -0.39 is 0 Å². The maximum atomic E-state index is 13.8. The molecular weight excluding hydrogens is 390 g/mol. The Hall–Kier alpha value is -2.27. The third kappa shape index (κ3) is 4.59. The van der Waals surface area contributed by atoms with Gasteiger partial charge in [0.1, 0.15) is 5.78 Å². The van der Waals surface area contributed by atoms with Crippen LogP contribution in [0.25, 0.3) is 0 Å². The summed E-state index contributed by atoms with van der Waals surface area (Å²) in [6, 6.07) is 0. The topological polar surface area (TPSA) is 43.1 Å². The largest absolute Gasteiger partial charge is 0.402 e. The highest BCUT2D eigenvalue weighted by atomic mass is 16.1. The van der Waals surface area contributed by atoms with Crippen molar-refractivity contribution in [1.82, 2.24) is 0 Å². The molecule has 172 valence electrons. The predicted molar refractivity (Wildman–Crippen MR) is 135 cm³/mol. The van der Waals surface area contributed by atoms with Crippen molar-refractivity contribution in [1.29, 1.82) is 0 Å². The van der Waals surface area contributed by atoms with Crippen LogP contribution in [0.3, 0.4) is 0 Å². The van der Waals surface area contributed by atoms with Crippen LogP contribution < -0.4 is 5.73 Å². The summed E-state index contributed by atoms with van der Waals surface area (Å²) in [6.45, 7) is 19.4. The molecule has 2 saturated carbocycles. The van der Waals surface area contributed by atoms with Crippen molar-refractivity contribution in [3.63, 3.8) is 0 Å². The molecule has 3 rings (SSSR count). The summed E-state index contributed by atoms with van der Waals surface area (Å²) in [7, 11) is 0. The normalized spacial score (nSPS) is 33.4. The van der Waals surface area contributed by atoms with Gasteiger partial charge in [0.05, 0.1) is 0 Å². The zero-order valence-corrected chi connectivity index (χ0v) is 20.3. The molecule has 5 unspecified atom stereocenters.